The van der Waals surface area contributed by atoms with Gasteiger partial charge in [0.1, 0.15) is 17.3 Å². The molecule has 1 aromatic heterocycles. The number of fused-ring (bicyclic) bond motifs is 6. The van der Waals surface area contributed by atoms with Crippen molar-refractivity contribution in [2.75, 3.05) is 4.72 Å². The van der Waals surface area contributed by atoms with Crippen molar-refractivity contribution >= 4 is 49.2 Å². The lowest BCUT2D eigenvalue weighted by atomic mass is 10.0. The van der Waals surface area contributed by atoms with Crippen LogP contribution in [0.3, 0.4) is 0 Å². The van der Waals surface area contributed by atoms with Crippen LogP contribution in [-0.4, -0.2) is 24.5 Å². The highest BCUT2D eigenvalue weighted by molar-refractivity contribution is 9.10. The van der Waals surface area contributed by atoms with Crippen LogP contribution in [0.4, 0.5) is 10.1 Å². The van der Waals surface area contributed by atoms with Crippen LogP contribution in [0.15, 0.2) is 52.0 Å². The smallest absolute Gasteiger partial charge is 0.338 e. The third-order valence-electron chi connectivity index (χ3n) is 4.39. The van der Waals surface area contributed by atoms with E-state index in [2.05, 4.69) is 25.6 Å². The Labute approximate surface area is 183 Å². The first-order valence-corrected chi connectivity index (χ1v) is 11.0. The minimum absolute atomic E-state index is 0.0249. The highest BCUT2D eigenvalue weighted by Gasteiger charge is 2.26. The number of pyridine rings is 1. The maximum Gasteiger partial charge on any atom is 0.338 e. The Kier molecular flexibility index (Phi) is 5.16. The molecule has 2 aromatic carbocycles. The van der Waals surface area contributed by atoms with E-state index in [1.54, 1.807) is 6.07 Å². The molecule has 0 amide bonds. The monoisotopic (exact) mass is 512 g/mol. The zero-order chi connectivity index (χ0) is 21.6. The van der Waals surface area contributed by atoms with Crippen molar-refractivity contribution < 1.29 is 27.4 Å². The molecule has 0 unspecified atom stereocenters. The second-order valence-corrected chi connectivity index (χ2v) is 9.26. The van der Waals surface area contributed by atoms with Crippen LogP contribution >= 0.6 is 27.5 Å². The lowest BCUT2D eigenvalue weighted by Crippen LogP contribution is -2.15. The average molecular weight is 514 g/mol. The van der Waals surface area contributed by atoms with Crippen molar-refractivity contribution in [2.45, 2.75) is 11.5 Å². The summed E-state index contributed by atoms with van der Waals surface area (Å²) >= 11 is 9.20. The van der Waals surface area contributed by atoms with Crippen LogP contribution in [0.25, 0.3) is 11.1 Å². The van der Waals surface area contributed by atoms with Gasteiger partial charge >= 0.3 is 5.97 Å². The molecule has 0 atom stereocenters. The molecule has 2 N–H and O–H groups in total. The molecular formula is C19H11BrClFN2O5S. The predicted molar refractivity (Wildman–Crippen MR) is 110 cm³/mol. The van der Waals surface area contributed by atoms with Crippen LogP contribution in [0.1, 0.15) is 15.9 Å². The van der Waals surface area contributed by atoms with Crippen molar-refractivity contribution in [3.05, 3.63) is 69.2 Å². The van der Waals surface area contributed by atoms with Crippen molar-refractivity contribution in [1.29, 1.82) is 0 Å². The van der Waals surface area contributed by atoms with Gasteiger partial charge in [0.2, 0.25) is 5.95 Å². The molecule has 7 nitrogen and oxygen atoms in total. The molecule has 11 heteroatoms. The molecule has 154 valence electrons. The first-order valence-electron chi connectivity index (χ1n) is 8.32. The average Bonchev–Trinajstić information content (AvgIpc) is 2.69. The SMILES string of the molecule is O=C1OCc2cc(F)ncc2-c2ccc(Cl)c(c2)NS(=O)(=O)c2cc1cc(Br)c2O. The third-order valence-corrected chi connectivity index (χ3v) is 6.70. The standard InChI is InChI=1S/C19H11BrClFN2O5S/c20-13-3-10-5-16(18(13)25)30(27,28)24-15-4-9(1-2-14(15)21)12-7-23-17(22)6-11(12)8-29-19(10)26/h1-7,24-25H,8H2. The van der Waals surface area contributed by atoms with Crippen LogP contribution in [0, 0.1) is 5.95 Å². The molecule has 0 saturated heterocycles. The van der Waals surface area contributed by atoms with E-state index in [0.717, 1.165) is 12.1 Å². The number of aromatic nitrogens is 1. The van der Waals surface area contributed by atoms with Crippen LogP contribution < -0.4 is 4.72 Å². The van der Waals surface area contributed by atoms with E-state index < -0.39 is 32.6 Å². The Balaban J connectivity index is 1.99. The summed E-state index contributed by atoms with van der Waals surface area (Å²) in [5.74, 6) is -2.21. The van der Waals surface area contributed by atoms with Crippen molar-refractivity contribution in [1.82, 2.24) is 4.98 Å². The predicted octanol–water partition coefficient (Wildman–Crippen LogP) is 4.48. The second-order valence-electron chi connectivity index (χ2n) is 6.35. The van der Waals surface area contributed by atoms with E-state index in [9.17, 15) is 22.7 Å². The summed E-state index contributed by atoms with van der Waals surface area (Å²) in [4.78, 5) is 15.6. The summed E-state index contributed by atoms with van der Waals surface area (Å²) in [6.45, 7) is -0.292. The van der Waals surface area contributed by atoms with Gasteiger partial charge in [0.15, 0.2) is 0 Å². The highest BCUT2D eigenvalue weighted by atomic mass is 79.9. The molecule has 0 radical (unpaired) electrons. The van der Waals surface area contributed by atoms with E-state index in [4.69, 9.17) is 16.3 Å². The molecule has 3 aromatic rings. The van der Waals surface area contributed by atoms with Gasteiger partial charge in [-0.2, -0.15) is 4.39 Å². The summed E-state index contributed by atoms with van der Waals surface area (Å²) in [7, 11) is -4.34. The number of cyclic esters (lactones) is 1. The number of nitrogens with zero attached hydrogens (tertiary/aromatic N) is 1. The van der Waals surface area contributed by atoms with E-state index in [1.807, 2.05) is 0 Å². The zero-order valence-corrected chi connectivity index (χ0v) is 18.0. The lowest BCUT2D eigenvalue weighted by molar-refractivity contribution is 0.0472. The number of ether oxygens (including phenoxy) is 1. The Morgan fingerprint density at radius 1 is 1.20 bits per heavy atom. The molecule has 1 aliphatic heterocycles. The normalized spacial score (nSPS) is 15.0. The number of benzene rings is 2. The maximum absolute atomic E-state index is 13.7. The number of sulfonamides is 1. The number of aromatic hydroxyl groups is 1. The number of halogens is 3. The molecule has 4 bridgehead atoms. The molecule has 1 aliphatic rings. The van der Waals surface area contributed by atoms with Crippen LogP contribution in [0.5, 0.6) is 5.75 Å². The number of carbonyl (C=O) groups is 1. The van der Waals surface area contributed by atoms with Gasteiger partial charge in [-0.05, 0) is 45.8 Å². The molecule has 0 spiro atoms. The van der Waals surface area contributed by atoms with Gasteiger partial charge in [0, 0.05) is 23.4 Å². The number of anilines is 1. The third kappa shape index (κ3) is 3.73. The molecule has 30 heavy (non-hydrogen) atoms. The van der Waals surface area contributed by atoms with Gasteiger partial charge < -0.3 is 9.84 Å². The Morgan fingerprint density at radius 2 is 1.97 bits per heavy atom. The number of hydrogen-bond acceptors (Lipinski definition) is 6. The van der Waals surface area contributed by atoms with E-state index in [-0.39, 0.29) is 27.4 Å². The minimum atomic E-state index is -4.34. The summed E-state index contributed by atoms with van der Waals surface area (Å²) in [6.07, 6.45) is 1.25. The van der Waals surface area contributed by atoms with E-state index >= 15 is 0 Å². The summed E-state index contributed by atoms with van der Waals surface area (Å²) in [5.41, 5.74) is 1.11. The summed E-state index contributed by atoms with van der Waals surface area (Å²) < 4.78 is 47.1. The number of hydrogen-bond donors (Lipinski definition) is 2. The fourth-order valence-electron chi connectivity index (χ4n) is 2.94. The fraction of sp³-hybridized carbons (Fsp3) is 0.0526. The second kappa shape index (κ2) is 7.53. The Bertz CT molecular complexity index is 1320. The first kappa shape index (κ1) is 20.6. The highest BCUT2D eigenvalue weighted by Crippen LogP contribution is 2.37. The fourth-order valence-corrected chi connectivity index (χ4v) is 4.97. The molecule has 2 heterocycles. The molecule has 0 aliphatic carbocycles. The van der Waals surface area contributed by atoms with E-state index in [0.29, 0.717) is 16.7 Å². The van der Waals surface area contributed by atoms with Crippen molar-refractivity contribution in [3.63, 3.8) is 0 Å². The number of nitrogens with one attached hydrogen (secondary N) is 1. The van der Waals surface area contributed by atoms with Crippen molar-refractivity contribution in [3.8, 4) is 16.9 Å². The molecular weight excluding hydrogens is 503 g/mol. The van der Waals surface area contributed by atoms with Gasteiger partial charge in [-0.15, -0.1) is 0 Å². The Morgan fingerprint density at radius 3 is 2.73 bits per heavy atom. The molecule has 4 rings (SSSR count). The molecule has 0 fully saturated rings. The number of esters is 1. The van der Waals surface area contributed by atoms with Crippen LogP contribution in [-0.2, 0) is 21.4 Å². The van der Waals surface area contributed by atoms with Crippen LogP contribution in [0.2, 0.25) is 5.02 Å². The number of phenols is 1. The van der Waals surface area contributed by atoms with Gasteiger partial charge in [-0.3, -0.25) is 4.72 Å². The minimum Gasteiger partial charge on any atom is -0.505 e. The number of rotatable bonds is 0. The van der Waals surface area contributed by atoms with Gasteiger partial charge in [0.25, 0.3) is 10.0 Å². The first-order chi connectivity index (χ1) is 14.2. The Hall–Kier alpha value is -2.69. The maximum atomic E-state index is 13.7. The quantitative estimate of drug-likeness (QED) is 0.339. The zero-order valence-electron chi connectivity index (χ0n) is 14.8. The number of carbonyl (C=O) groups excluding carboxylic acids is 1. The lowest BCUT2D eigenvalue weighted by Gasteiger charge is -2.13. The topological polar surface area (TPSA) is 106 Å². The largest absolute Gasteiger partial charge is 0.505 e. The van der Waals surface area contributed by atoms with Gasteiger partial charge in [-0.25, -0.2) is 18.2 Å². The van der Waals surface area contributed by atoms with Gasteiger partial charge in [-0.1, -0.05) is 17.7 Å². The van der Waals surface area contributed by atoms with E-state index in [1.165, 1.54) is 24.4 Å². The summed E-state index contributed by atoms with van der Waals surface area (Å²) in [5, 5.41) is 10.3. The molecule has 0 saturated carbocycles. The van der Waals surface area contributed by atoms with Gasteiger partial charge in [0.05, 0.1) is 20.7 Å². The number of phenolic OH excluding ortho intramolecular Hbond substituents is 1. The van der Waals surface area contributed by atoms with Crippen molar-refractivity contribution in [2.24, 2.45) is 0 Å². The summed E-state index contributed by atoms with van der Waals surface area (Å²) in [6, 6.07) is 7.81.